The third kappa shape index (κ3) is 4.04. The van der Waals surface area contributed by atoms with Gasteiger partial charge in [0, 0.05) is 0 Å². The lowest BCUT2D eigenvalue weighted by Gasteiger charge is -2.01. The fourth-order valence-corrected chi connectivity index (χ4v) is 4.47. The van der Waals surface area contributed by atoms with E-state index in [0.29, 0.717) is 11.4 Å². The molecule has 0 spiro atoms. The molecule has 0 amide bonds. The molecule has 1 heterocycles. The molecule has 0 saturated carbocycles. The lowest BCUT2D eigenvalue weighted by atomic mass is 10.1. The zero-order valence-corrected chi connectivity index (χ0v) is 12.1. The first-order valence-corrected chi connectivity index (χ1v) is 8.33. The summed E-state index contributed by atoms with van der Waals surface area (Å²) in [4.78, 5) is 5.11. The predicted molar refractivity (Wildman–Crippen MR) is 69.9 cm³/mol. The van der Waals surface area contributed by atoms with Crippen LogP contribution in [-0.2, 0) is 22.2 Å². The SMILES string of the molecule is CCCS(=O)(=O)Cc1nc(C(C)C)c(CO)s1. The van der Waals surface area contributed by atoms with Gasteiger partial charge in [-0.2, -0.15) is 0 Å². The van der Waals surface area contributed by atoms with Gasteiger partial charge in [-0.25, -0.2) is 13.4 Å². The molecule has 0 atom stereocenters. The highest BCUT2D eigenvalue weighted by Gasteiger charge is 2.18. The third-order valence-corrected chi connectivity index (χ3v) is 5.30. The summed E-state index contributed by atoms with van der Waals surface area (Å²) in [6.45, 7) is 5.74. The second-order valence-electron chi connectivity index (χ2n) is 4.32. The number of aliphatic hydroxyl groups is 1. The van der Waals surface area contributed by atoms with Crippen molar-refractivity contribution in [2.45, 2.75) is 45.5 Å². The Labute approximate surface area is 107 Å². The predicted octanol–water partition coefficient (Wildman–Crippen LogP) is 2.08. The van der Waals surface area contributed by atoms with Gasteiger partial charge in [0.25, 0.3) is 0 Å². The molecule has 98 valence electrons. The highest BCUT2D eigenvalue weighted by molar-refractivity contribution is 7.90. The smallest absolute Gasteiger partial charge is 0.156 e. The van der Waals surface area contributed by atoms with Crippen LogP contribution in [0.4, 0.5) is 0 Å². The molecule has 0 aliphatic rings. The van der Waals surface area contributed by atoms with E-state index in [1.807, 2.05) is 20.8 Å². The molecular weight excluding hydrogens is 258 g/mol. The summed E-state index contributed by atoms with van der Waals surface area (Å²) in [5, 5.41) is 9.79. The van der Waals surface area contributed by atoms with Crippen molar-refractivity contribution in [3.8, 4) is 0 Å². The monoisotopic (exact) mass is 277 g/mol. The van der Waals surface area contributed by atoms with Gasteiger partial charge in [0.2, 0.25) is 0 Å². The largest absolute Gasteiger partial charge is 0.391 e. The highest BCUT2D eigenvalue weighted by Crippen LogP contribution is 2.26. The Morgan fingerprint density at radius 1 is 1.41 bits per heavy atom. The Kier molecular flexibility index (Phi) is 5.09. The van der Waals surface area contributed by atoms with E-state index in [0.717, 1.165) is 10.6 Å². The Morgan fingerprint density at radius 2 is 2.06 bits per heavy atom. The van der Waals surface area contributed by atoms with Crippen molar-refractivity contribution in [3.63, 3.8) is 0 Å². The van der Waals surface area contributed by atoms with Crippen LogP contribution in [0.25, 0.3) is 0 Å². The van der Waals surface area contributed by atoms with Gasteiger partial charge in [0.1, 0.15) is 10.8 Å². The van der Waals surface area contributed by atoms with E-state index in [9.17, 15) is 13.5 Å². The van der Waals surface area contributed by atoms with Gasteiger partial charge in [0.15, 0.2) is 9.84 Å². The topological polar surface area (TPSA) is 67.3 Å². The minimum atomic E-state index is -3.06. The van der Waals surface area contributed by atoms with Gasteiger partial charge in [-0.1, -0.05) is 20.8 Å². The number of hydrogen-bond acceptors (Lipinski definition) is 5. The molecule has 1 aromatic heterocycles. The average Bonchev–Trinajstić information content (AvgIpc) is 2.59. The molecule has 0 fully saturated rings. The van der Waals surface area contributed by atoms with Crippen molar-refractivity contribution >= 4 is 21.2 Å². The zero-order chi connectivity index (χ0) is 13.1. The molecule has 6 heteroatoms. The van der Waals surface area contributed by atoms with Crippen LogP contribution in [0.15, 0.2) is 0 Å². The zero-order valence-electron chi connectivity index (χ0n) is 10.4. The van der Waals surface area contributed by atoms with Crippen LogP contribution in [0, 0.1) is 0 Å². The Balaban J connectivity index is 2.94. The molecule has 1 aromatic rings. The molecule has 0 aromatic carbocycles. The number of rotatable bonds is 6. The van der Waals surface area contributed by atoms with Crippen molar-refractivity contribution < 1.29 is 13.5 Å². The van der Waals surface area contributed by atoms with Crippen LogP contribution in [0.1, 0.15) is 48.7 Å². The molecule has 0 unspecified atom stereocenters. The number of aliphatic hydroxyl groups excluding tert-OH is 1. The summed E-state index contributed by atoms with van der Waals surface area (Å²) in [6.07, 6.45) is 0.623. The van der Waals surface area contributed by atoms with Crippen LogP contribution in [0.2, 0.25) is 0 Å². The summed E-state index contributed by atoms with van der Waals surface area (Å²) < 4.78 is 23.4. The van der Waals surface area contributed by atoms with Crippen molar-refractivity contribution in [3.05, 3.63) is 15.6 Å². The third-order valence-electron chi connectivity index (χ3n) is 2.32. The molecule has 1 N–H and O–H groups in total. The lowest BCUT2D eigenvalue weighted by molar-refractivity contribution is 0.283. The number of thiazole rings is 1. The lowest BCUT2D eigenvalue weighted by Crippen LogP contribution is -2.08. The molecule has 4 nitrogen and oxygen atoms in total. The second-order valence-corrected chi connectivity index (χ2v) is 7.67. The fourth-order valence-electron chi connectivity index (χ4n) is 1.61. The number of hydrogen-bond donors (Lipinski definition) is 1. The molecular formula is C11H19NO3S2. The molecule has 0 saturated heterocycles. The van der Waals surface area contributed by atoms with Crippen molar-refractivity contribution in [2.75, 3.05) is 5.75 Å². The fraction of sp³-hybridized carbons (Fsp3) is 0.727. The van der Waals surface area contributed by atoms with E-state index in [2.05, 4.69) is 4.98 Å². The van der Waals surface area contributed by atoms with Gasteiger partial charge in [0.05, 0.1) is 22.9 Å². The summed E-state index contributed by atoms with van der Waals surface area (Å²) in [5.41, 5.74) is 0.819. The maximum Gasteiger partial charge on any atom is 0.156 e. The average molecular weight is 277 g/mol. The Hall–Kier alpha value is -0.460. The molecule has 1 rings (SSSR count). The van der Waals surface area contributed by atoms with Crippen molar-refractivity contribution in [2.24, 2.45) is 0 Å². The summed E-state index contributed by atoms with van der Waals surface area (Å²) in [6, 6.07) is 0. The normalized spacial score (nSPS) is 12.3. The van der Waals surface area contributed by atoms with E-state index < -0.39 is 9.84 Å². The Morgan fingerprint density at radius 3 is 2.47 bits per heavy atom. The van der Waals surface area contributed by atoms with Crippen LogP contribution in [0.5, 0.6) is 0 Å². The van der Waals surface area contributed by atoms with E-state index in [-0.39, 0.29) is 24.0 Å². The summed E-state index contributed by atoms with van der Waals surface area (Å²) in [5.74, 6) is 0.388. The summed E-state index contributed by atoms with van der Waals surface area (Å²) in [7, 11) is -3.06. The van der Waals surface area contributed by atoms with E-state index in [1.165, 1.54) is 11.3 Å². The number of sulfone groups is 1. The van der Waals surface area contributed by atoms with Crippen LogP contribution >= 0.6 is 11.3 Å². The number of aromatic nitrogens is 1. The first kappa shape index (κ1) is 14.6. The van der Waals surface area contributed by atoms with Gasteiger partial charge >= 0.3 is 0 Å². The summed E-state index contributed by atoms with van der Waals surface area (Å²) >= 11 is 1.30. The standard InChI is InChI=1S/C11H19NO3S2/c1-4-5-17(14,15)7-10-12-11(8(2)3)9(6-13)16-10/h8,13H,4-7H2,1-3H3. The Bertz CT molecular complexity index is 463. The van der Waals surface area contributed by atoms with Crippen LogP contribution < -0.4 is 0 Å². The maximum absolute atomic E-state index is 11.7. The van der Waals surface area contributed by atoms with Gasteiger partial charge in [-0.15, -0.1) is 11.3 Å². The molecule has 0 bridgehead atoms. The quantitative estimate of drug-likeness (QED) is 0.864. The minimum absolute atomic E-state index is 0.00870. The van der Waals surface area contributed by atoms with Crippen LogP contribution in [-0.4, -0.2) is 24.3 Å². The van der Waals surface area contributed by atoms with Gasteiger partial charge in [-0.05, 0) is 12.3 Å². The minimum Gasteiger partial charge on any atom is -0.391 e. The molecule has 0 aliphatic carbocycles. The van der Waals surface area contributed by atoms with E-state index in [1.54, 1.807) is 0 Å². The molecule has 0 aliphatic heterocycles. The van der Waals surface area contributed by atoms with Crippen molar-refractivity contribution in [1.82, 2.24) is 4.98 Å². The van der Waals surface area contributed by atoms with E-state index in [4.69, 9.17) is 0 Å². The van der Waals surface area contributed by atoms with Crippen LogP contribution in [0.3, 0.4) is 0 Å². The highest BCUT2D eigenvalue weighted by atomic mass is 32.2. The van der Waals surface area contributed by atoms with Crippen molar-refractivity contribution in [1.29, 1.82) is 0 Å². The molecule has 17 heavy (non-hydrogen) atoms. The van der Waals surface area contributed by atoms with Gasteiger partial charge < -0.3 is 5.11 Å². The molecule has 0 radical (unpaired) electrons. The number of nitrogens with zero attached hydrogens (tertiary/aromatic N) is 1. The maximum atomic E-state index is 11.7. The van der Waals surface area contributed by atoms with E-state index >= 15 is 0 Å². The van der Waals surface area contributed by atoms with Gasteiger partial charge in [-0.3, -0.25) is 0 Å². The first-order chi connectivity index (χ1) is 7.89. The first-order valence-electron chi connectivity index (χ1n) is 5.69. The second kappa shape index (κ2) is 5.93.